The highest BCUT2D eigenvalue weighted by Gasteiger charge is 2.27. The van der Waals surface area contributed by atoms with Crippen LogP contribution in [0, 0.1) is 0 Å². The molecular weight excluding hydrogens is 659 g/mol. The van der Waals surface area contributed by atoms with Crippen LogP contribution in [-0.2, 0) is 32.7 Å². The lowest BCUT2D eigenvalue weighted by molar-refractivity contribution is -0.153. The number of aliphatic hydroxyl groups is 2. The summed E-state index contributed by atoms with van der Waals surface area (Å²) in [4.78, 5) is 34.4. The predicted molar refractivity (Wildman–Crippen MR) is 201 cm³/mol. The first-order valence-electron chi connectivity index (χ1n) is 19.8. The smallest absolute Gasteiger partial charge is 0.457 e. The van der Waals surface area contributed by atoms with Crippen molar-refractivity contribution in [3.8, 4) is 0 Å². The van der Waals surface area contributed by atoms with E-state index in [1.54, 1.807) is 0 Å². The van der Waals surface area contributed by atoms with Gasteiger partial charge in [0.2, 0.25) is 0 Å². The predicted octanol–water partition coefficient (Wildman–Crippen LogP) is 9.83. The topological polar surface area (TPSA) is 149 Å². The number of esters is 2. The van der Waals surface area contributed by atoms with Gasteiger partial charge < -0.3 is 24.6 Å². The average molecular weight is 733 g/mol. The molecule has 0 fully saturated rings. The Morgan fingerprint density at radius 3 is 1.32 bits per heavy atom. The monoisotopic (exact) mass is 732 g/mol. The van der Waals surface area contributed by atoms with Crippen LogP contribution >= 0.6 is 7.82 Å². The van der Waals surface area contributed by atoms with Crippen LogP contribution in [0.5, 0.6) is 0 Å². The molecule has 0 aliphatic rings. The SMILES string of the molecule is CCC/C=C\C/C=C\CCCCCCCC(=O)OC(CO)COP(=O)(O)OCC(CO)OC(=O)CCCCCCCCCCCCCCCC. The molecule has 11 heteroatoms. The van der Waals surface area contributed by atoms with Gasteiger partial charge in [0, 0.05) is 12.8 Å². The molecule has 0 amide bonds. The number of rotatable bonds is 37. The van der Waals surface area contributed by atoms with Crippen molar-refractivity contribution in [2.75, 3.05) is 26.4 Å². The van der Waals surface area contributed by atoms with Gasteiger partial charge in [-0.1, -0.05) is 147 Å². The molecule has 0 spiro atoms. The summed E-state index contributed by atoms with van der Waals surface area (Å²) >= 11 is 0. The number of phosphoric ester groups is 1. The van der Waals surface area contributed by atoms with Crippen LogP contribution < -0.4 is 0 Å². The van der Waals surface area contributed by atoms with Crippen LogP contribution in [0.4, 0.5) is 0 Å². The molecule has 0 aromatic rings. The number of aliphatic hydroxyl groups excluding tert-OH is 2. The molecule has 0 aliphatic heterocycles. The van der Waals surface area contributed by atoms with Crippen LogP contribution in [0.25, 0.3) is 0 Å². The summed E-state index contributed by atoms with van der Waals surface area (Å²) < 4.78 is 32.4. The summed E-state index contributed by atoms with van der Waals surface area (Å²) in [6, 6.07) is 0. The number of unbranched alkanes of at least 4 members (excludes halogenated alkanes) is 19. The van der Waals surface area contributed by atoms with Crippen molar-refractivity contribution in [3.63, 3.8) is 0 Å². The Balaban J connectivity index is 3.97. The molecule has 294 valence electrons. The van der Waals surface area contributed by atoms with Crippen LogP contribution in [0.1, 0.15) is 174 Å². The Kier molecular flexibility index (Phi) is 34.7. The van der Waals surface area contributed by atoms with Crippen molar-refractivity contribution < 1.29 is 47.8 Å². The molecule has 0 saturated heterocycles. The standard InChI is InChI=1S/C39H73O10P/c1-3-5-7-9-11-13-15-17-19-21-23-25-27-29-31-39(43)49-37(33-41)35-47-50(44,45)46-34-36(32-40)48-38(42)30-28-26-24-22-20-18-16-14-12-10-8-6-4-2/h8,10,14,16,36-37,40-41H,3-7,9,11-13,15,17-35H2,1-2H3,(H,44,45)/b10-8-,16-14-. The number of carbonyl (C=O) groups excluding carboxylic acids is 2. The summed E-state index contributed by atoms with van der Waals surface area (Å²) in [5, 5.41) is 19.1. The lowest BCUT2D eigenvalue weighted by Crippen LogP contribution is -2.28. The molecule has 3 N–H and O–H groups in total. The fraction of sp³-hybridized carbons (Fsp3) is 0.846. The first-order valence-corrected chi connectivity index (χ1v) is 21.3. The molecule has 50 heavy (non-hydrogen) atoms. The van der Waals surface area contributed by atoms with E-state index in [2.05, 4.69) is 38.2 Å². The third-order valence-corrected chi connectivity index (χ3v) is 9.35. The van der Waals surface area contributed by atoms with Gasteiger partial charge in [0.25, 0.3) is 0 Å². The van der Waals surface area contributed by atoms with E-state index in [1.165, 1.54) is 70.6 Å². The highest BCUT2D eigenvalue weighted by atomic mass is 31.2. The number of carbonyl (C=O) groups is 2. The fourth-order valence-corrected chi connectivity index (χ4v) is 6.11. The number of phosphoric acid groups is 1. The van der Waals surface area contributed by atoms with Crippen molar-refractivity contribution in [2.24, 2.45) is 0 Å². The van der Waals surface area contributed by atoms with Crippen LogP contribution in [0.15, 0.2) is 24.3 Å². The molecular formula is C39H73O10P. The number of hydrogen-bond donors (Lipinski definition) is 3. The summed E-state index contributed by atoms with van der Waals surface area (Å²) in [6.45, 7) is 2.12. The van der Waals surface area contributed by atoms with Crippen molar-refractivity contribution in [1.29, 1.82) is 0 Å². The van der Waals surface area contributed by atoms with Gasteiger partial charge in [0.05, 0.1) is 26.4 Å². The summed E-state index contributed by atoms with van der Waals surface area (Å²) in [7, 11) is -4.63. The van der Waals surface area contributed by atoms with Crippen molar-refractivity contribution in [2.45, 2.75) is 187 Å². The highest BCUT2D eigenvalue weighted by molar-refractivity contribution is 7.47. The molecule has 3 atom stereocenters. The molecule has 0 aromatic carbocycles. The van der Waals surface area contributed by atoms with Crippen molar-refractivity contribution in [1.82, 2.24) is 0 Å². The second-order valence-corrected chi connectivity index (χ2v) is 14.7. The van der Waals surface area contributed by atoms with Gasteiger partial charge in [-0.3, -0.25) is 18.6 Å². The van der Waals surface area contributed by atoms with E-state index >= 15 is 0 Å². The van der Waals surface area contributed by atoms with E-state index in [4.69, 9.17) is 18.5 Å². The van der Waals surface area contributed by atoms with Gasteiger partial charge in [0.1, 0.15) is 12.2 Å². The third-order valence-electron chi connectivity index (χ3n) is 8.40. The molecule has 0 bridgehead atoms. The zero-order chi connectivity index (χ0) is 37.0. The Morgan fingerprint density at radius 2 is 0.920 bits per heavy atom. The molecule has 0 heterocycles. The van der Waals surface area contributed by atoms with E-state index in [9.17, 15) is 29.3 Å². The number of hydrogen-bond acceptors (Lipinski definition) is 9. The summed E-state index contributed by atoms with van der Waals surface area (Å²) in [5.74, 6) is -1.03. The van der Waals surface area contributed by atoms with Crippen LogP contribution in [-0.4, -0.2) is 65.7 Å². The van der Waals surface area contributed by atoms with E-state index < -0.39 is 58.4 Å². The highest BCUT2D eigenvalue weighted by Crippen LogP contribution is 2.43. The first kappa shape index (κ1) is 48.5. The normalized spacial score (nSPS) is 14.3. The van der Waals surface area contributed by atoms with E-state index in [0.29, 0.717) is 12.8 Å². The minimum Gasteiger partial charge on any atom is -0.457 e. The van der Waals surface area contributed by atoms with Crippen molar-refractivity contribution in [3.05, 3.63) is 24.3 Å². The van der Waals surface area contributed by atoms with Crippen LogP contribution in [0.3, 0.4) is 0 Å². The maximum Gasteiger partial charge on any atom is 0.472 e. The quantitative estimate of drug-likeness (QED) is 0.0244. The van der Waals surface area contributed by atoms with Crippen LogP contribution in [0.2, 0.25) is 0 Å². The maximum atomic E-state index is 12.3. The summed E-state index contributed by atoms with van der Waals surface area (Å²) in [6.07, 6.45) is 32.9. The van der Waals surface area contributed by atoms with Gasteiger partial charge in [-0.2, -0.15) is 0 Å². The molecule has 0 rings (SSSR count). The average Bonchev–Trinajstić information content (AvgIpc) is 3.10. The van der Waals surface area contributed by atoms with Gasteiger partial charge in [0.15, 0.2) is 0 Å². The van der Waals surface area contributed by atoms with Gasteiger partial charge in [-0.15, -0.1) is 0 Å². The number of allylic oxidation sites excluding steroid dienone is 4. The molecule has 0 saturated carbocycles. The Labute approximate surface area is 304 Å². The lowest BCUT2D eigenvalue weighted by atomic mass is 10.0. The van der Waals surface area contributed by atoms with Gasteiger partial charge in [-0.25, -0.2) is 4.57 Å². The van der Waals surface area contributed by atoms with E-state index in [0.717, 1.165) is 64.2 Å². The minimum absolute atomic E-state index is 0.177. The maximum absolute atomic E-state index is 12.3. The third kappa shape index (κ3) is 33.6. The molecule has 0 radical (unpaired) electrons. The summed E-state index contributed by atoms with van der Waals surface area (Å²) in [5.41, 5.74) is 0. The molecule has 3 unspecified atom stereocenters. The first-order chi connectivity index (χ1) is 24.3. The van der Waals surface area contributed by atoms with Crippen molar-refractivity contribution >= 4 is 19.8 Å². The lowest BCUT2D eigenvalue weighted by Gasteiger charge is -2.20. The number of ether oxygens (including phenoxy) is 2. The van der Waals surface area contributed by atoms with Gasteiger partial charge in [-0.05, 0) is 38.5 Å². The molecule has 0 aromatic heterocycles. The molecule has 0 aliphatic carbocycles. The zero-order valence-corrected chi connectivity index (χ0v) is 32.5. The minimum atomic E-state index is -4.63. The Hall–Kier alpha value is -1.55. The van der Waals surface area contributed by atoms with E-state index in [1.807, 2.05) is 0 Å². The zero-order valence-electron chi connectivity index (χ0n) is 31.6. The second-order valence-electron chi connectivity index (χ2n) is 13.3. The largest absolute Gasteiger partial charge is 0.472 e. The second kappa shape index (κ2) is 35.8. The Bertz CT molecular complexity index is 894. The van der Waals surface area contributed by atoms with Gasteiger partial charge >= 0.3 is 19.8 Å². The Morgan fingerprint density at radius 1 is 0.540 bits per heavy atom. The fourth-order valence-electron chi connectivity index (χ4n) is 5.33. The molecule has 10 nitrogen and oxygen atoms in total. The van der Waals surface area contributed by atoms with E-state index in [-0.39, 0.29) is 12.8 Å².